The van der Waals surface area contributed by atoms with Crippen LogP contribution in [-0.2, 0) is 9.53 Å². The number of rotatable bonds is 4. The zero-order chi connectivity index (χ0) is 24.1. The molecule has 0 saturated carbocycles. The summed E-state index contributed by atoms with van der Waals surface area (Å²) in [5.74, 6) is -1.73. The smallest absolute Gasteiger partial charge is 0.335 e. The van der Waals surface area contributed by atoms with E-state index >= 15 is 0 Å². The summed E-state index contributed by atoms with van der Waals surface area (Å²) in [6.07, 6.45) is -8.19. The molecular formula is C22H18O12. The van der Waals surface area contributed by atoms with E-state index < -0.39 is 42.1 Å². The Labute approximate surface area is 189 Å². The van der Waals surface area contributed by atoms with Gasteiger partial charge >= 0.3 is 5.97 Å². The van der Waals surface area contributed by atoms with Crippen molar-refractivity contribution in [2.24, 2.45) is 0 Å². The van der Waals surface area contributed by atoms with Crippen LogP contribution in [0.1, 0.15) is 0 Å². The molecule has 12 nitrogen and oxygen atoms in total. The fraction of sp³-hybridized carbons (Fsp3) is 0.273. The summed E-state index contributed by atoms with van der Waals surface area (Å²) in [5, 5.41) is 49.1. The zero-order valence-electron chi connectivity index (χ0n) is 17.2. The second kappa shape index (κ2) is 8.18. The number of phenols is 1. The first-order chi connectivity index (χ1) is 16.3. The Balaban J connectivity index is 1.65. The second-order valence-corrected chi connectivity index (χ2v) is 7.69. The summed E-state index contributed by atoms with van der Waals surface area (Å²) in [6, 6.07) is 7.19. The molecule has 0 spiro atoms. The van der Waals surface area contributed by atoms with Gasteiger partial charge in [-0.2, -0.15) is 0 Å². The van der Waals surface area contributed by atoms with Crippen molar-refractivity contribution in [3.8, 4) is 34.1 Å². The number of aliphatic carboxylic acids is 1. The third kappa shape index (κ3) is 3.49. The Morgan fingerprint density at radius 3 is 2.47 bits per heavy atom. The van der Waals surface area contributed by atoms with E-state index in [9.17, 15) is 35.1 Å². The van der Waals surface area contributed by atoms with Gasteiger partial charge in [-0.25, -0.2) is 4.79 Å². The molecule has 1 fully saturated rings. The molecule has 5 N–H and O–H groups in total. The Morgan fingerprint density at radius 2 is 1.76 bits per heavy atom. The summed E-state index contributed by atoms with van der Waals surface area (Å²) >= 11 is 0. The highest BCUT2D eigenvalue weighted by molar-refractivity contribution is 5.92. The number of aromatic hydroxyl groups is 1. The number of fused-ring (bicyclic) bond motifs is 2. The Bertz CT molecular complexity index is 1310. The highest BCUT2D eigenvalue weighted by atomic mass is 16.7. The normalized spacial score (nSPS) is 25.9. The van der Waals surface area contributed by atoms with Gasteiger partial charge in [-0.05, 0) is 17.7 Å². The average Bonchev–Trinajstić information content (AvgIpc) is 3.28. The van der Waals surface area contributed by atoms with Gasteiger partial charge in [-0.15, -0.1) is 0 Å². The van der Waals surface area contributed by atoms with Gasteiger partial charge in [0.15, 0.2) is 17.6 Å². The fourth-order valence-electron chi connectivity index (χ4n) is 3.83. The fourth-order valence-corrected chi connectivity index (χ4v) is 3.83. The summed E-state index contributed by atoms with van der Waals surface area (Å²) in [6.45, 7) is -0.214. The van der Waals surface area contributed by atoms with Crippen LogP contribution in [0.4, 0.5) is 0 Å². The number of carboxylic acids is 1. The Morgan fingerprint density at radius 1 is 1.03 bits per heavy atom. The zero-order valence-corrected chi connectivity index (χ0v) is 17.2. The molecule has 2 aliphatic heterocycles. The van der Waals surface area contributed by atoms with E-state index in [1.54, 1.807) is 0 Å². The lowest BCUT2D eigenvalue weighted by Crippen LogP contribution is -2.61. The molecule has 3 heterocycles. The first kappa shape index (κ1) is 22.0. The molecule has 178 valence electrons. The number of benzene rings is 2. The number of hydrogen-bond donors (Lipinski definition) is 5. The number of ether oxygens (including phenoxy) is 4. The van der Waals surface area contributed by atoms with Crippen LogP contribution in [0.2, 0.25) is 0 Å². The van der Waals surface area contributed by atoms with Gasteiger partial charge < -0.3 is 48.9 Å². The first-order valence-electron chi connectivity index (χ1n) is 10.0. The van der Waals surface area contributed by atoms with Crippen molar-refractivity contribution in [2.45, 2.75) is 30.7 Å². The minimum absolute atomic E-state index is 0.00141. The van der Waals surface area contributed by atoms with E-state index in [2.05, 4.69) is 0 Å². The lowest BCUT2D eigenvalue weighted by atomic mass is 9.99. The number of aliphatic hydroxyl groups excluding tert-OH is 3. The van der Waals surface area contributed by atoms with Gasteiger partial charge in [0.05, 0.1) is 5.56 Å². The van der Waals surface area contributed by atoms with Gasteiger partial charge in [-0.3, -0.25) is 4.79 Å². The van der Waals surface area contributed by atoms with Crippen LogP contribution in [0.5, 0.6) is 23.0 Å². The van der Waals surface area contributed by atoms with Gasteiger partial charge in [0.1, 0.15) is 41.3 Å². The summed E-state index contributed by atoms with van der Waals surface area (Å²) < 4.78 is 27.3. The van der Waals surface area contributed by atoms with E-state index in [0.29, 0.717) is 5.56 Å². The molecule has 34 heavy (non-hydrogen) atoms. The third-order valence-corrected chi connectivity index (χ3v) is 5.58. The van der Waals surface area contributed by atoms with Gasteiger partial charge in [-0.1, -0.05) is 12.1 Å². The first-order valence-corrected chi connectivity index (χ1v) is 10.0. The van der Waals surface area contributed by atoms with Crippen molar-refractivity contribution in [3.63, 3.8) is 0 Å². The number of carbonyl (C=O) groups is 1. The van der Waals surface area contributed by atoms with Crippen LogP contribution in [-0.4, -0.2) is 69.0 Å². The van der Waals surface area contributed by atoms with E-state index in [4.69, 9.17) is 23.4 Å². The van der Waals surface area contributed by atoms with E-state index in [-0.39, 0.29) is 46.3 Å². The van der Waals surface area contributed by atoms with E-state index in [0.717, 1.165) is 0 Å². The molecule has 1 aromatic heterocycles. The van der Waals surface area contributed by atoms with Crippen LogP contribution >= 0.6 is 0 Å². The number of hydrogen-bond acceptors (Lipinski definition) is 11. The van der Waals surface area contributed by atoms with Crippen molar-refractivity contribution in [1.82, 2.24) is 0 Å². The van der Waals surface area contributed by atoms with Crippen LogP contribution < -0.4 is 19.6 Å². The van der Waals surface area contributed by atoms with Crippen molar-refractivity contribution in [1.29, 1.82) is 0 Å². The maximum Gasteiger partial charge on any atom is 0.335 e. The van der Waals surface area contributed by atoms with Gasteiger partial charge in [0, 0.05) is 6.07 Å². The molecule has 3 aromatic rings. The third-order valence-electron chi connectivity index (χ3n) is 5.58. The standard InChI is InChI=1S/C22H18O12/c23-9-3-1-8(2-4-9)10-6-30-11-5-12-18(32-7-31-12)19(13(11)14(10)24)33-22-17(27)15(25)16(26)20(34-22)21(28)29/h1-6,15-17,20,22-23,25-27H,7H2,(H,28,29)/t15-,16-,17+,20-,22+/m0/s1. The summed E-state index contributed by atoms with van der Waals surface area (Å²) in [7, 11) is 0. The molecule has 1 saturated heterocycles. The Kier molecular flexibility index (Phi) is 5.29. The number of phenolic OH excluding ortho intramolecular Hbond substituents is 1. The van der Waals surface area contributed by atoms with Crippen LogP contribution in [0.3, 0.4) is 0 Å². The van der Waals surface area contributed by atoms with Gasteiger partial charge in [0.2, 0.25) is 24.3 Å². The lowest BCUT2D eigenvalue weighted by molar-refractivity contribution is -0.271. The molecule has 0 radical (unpaired) electrons. The second-order valence-electron chi connectivity index (χ2n) is 7.69. The van der Waals surface area contributed by atoms with Crippen molar-refractivity contribution >= 4 is 16.9 Å². The molecule has 5 rings (SSSR count). The number of aliphatic hydroxyl groups is 3. The number of carboxylic acid groups (broad SMARTS) is 1. The van der Waals surface area contributed by atoms with Crippen molar-refractivity contribution in [3.05, 3.63) is 46.8 Å². The van der Waals surface area contributed by atoms with Crippen LogP contribution in [0, 0.1) is 0 Å². The van der Waals surface area contributed by atoms with Crippen molar-refractivity contribution < 1.29 is 53.7 Å². The molecule has 2 aromatic carbocycles. The largest absolute Gasteiger partial charge is 0.508 e. The SMILES string of the molecule is O=C(O)[C@H]1O[C@@H](Oc2c3c(cc4occ(-c5ccc(O)cc5)c(=O)c24)OCO3)[C@H](O)[C@@H](O)[C@@H]1O. The van der Waals surface area contributed by atoms with Crippen LogP contribution in [0.25, 0.3) is 22.1 Å². The highest BCUT2D eigenvalue weighted by Crippen LogP contribution is 2.46. The van der Waals surface area contributed by atoms with Crippen LogP contribution in [0.15, 0.2) is 45.8 Å². The molecular weight excluding hydrogens is 456 g/mol. The maximum absolute atomic E-state index is 13.5. The minimum Gasteiger partial charge on any atom is -0.508 e. The topological polar surface area (TPSA) is 185 Å². The predicted molar refractivity (Wildman–Crippen MR) is 111 cm³/mol. The van der Waals surface area contributed by atoms with E-state index in [1.165, 1.54) is 36.6 Å². The molecule has 12 heteroatoms. The Hall–Kier alpha value is -3.84. The lowest BCUT2D eigenvalue weighted by Gasteiger charge is -2.38. The maximum atomic E-state index is 13.5. The average molecular weight is 474 g/mol. The molecule has 0 amide bonds. The highest BCUT2D eigenvalue weighted by Gasteiger charge is 2.48. The summed E-state index contributed by atoms with van der Waals surface area (Å²) in [5.41, 5.74) is 0.00375. The molecule has 0 unspecified atom stereocenters. The molecule has 5 atom stereocenters. The quantitative estimate of drug-likeness (QED) is 0.346. The van der Waals surface area contributed by atoms with Crippen molar-refractivity contribution in [2.75, 3.05) is 6.79 Å². The molecule has 0 aliphatic carbocycles. The summed E-state index contributed by atoms with van der Waals surface area (Å²) in [4.78, 5) is 24.9. The van der Waals surface area contributed by atoms with Gasteiger partial charge in [0.25, 0.3) is 0 Å². The molecule has 2 aliphatic rings. The monoisotopic (exact) mass is 474 g/mol. The predicted octanol–water partition coefficient (Wildman–Crippen LogP) is 0.165. The molecule has 0 bridgehead atoms. The minimum atomic E-state index is -1.92. The van der Waals surface area contributed by atoms with E-state index in [1.807, 2.05) is 0 Å².